The highest BCUT2D eigenvalue weighted by Gasteiger charge is 2.38. The van der Waals surface area contributed by atoms with E-state index in [2.05, 4.69) is 15.9 Å². The molecule has 1 saturated carbocycles. The number of ether oxygens (including phenoxy) is 1. The predicted octanol–water partition coefficient (Wildman–Crippen LogP) is 4.39. The Morgan fingerprint density at radius 2 is 1.95 bits per heavy atom. The molecule has 0 saturated heterocycles. The van der Waals surface area contributed by atoms with Gasteiger partial charge in [-0.05, 0) is 27.9 Å². The van der Waals surface area contributed by atoms with Crippen LogP contribution in [0.5, 0.6) is 0 Å². The van der Waals surface area contributed by atoms with Crippen LogP contribution < -0.4 is 0 Å². The third-order valence-corrected chi connectivity index (χ3v) is 5.27. The van der Waals surface area contributed by atoms with E-state index in [0.29, 0.717) is 16.8 Å². The molecule has 0 N–H and O–H groups in total. The fraction of sp³-hybridized carbons (Fsp3) is 0.765. The normalized spacial score (nSPS) is 25.4. The minimum Gasteiger partial charge on any atom is -0.454 e. The van der Waals surface area contributed by atoms with Gasteiger partial charge in [0.2, 0.25) is 0 Å². The molecule has 0 aromatic rings. The Labute approximate surface area is 135 Å². The first-order valence-electron chi connectivity index (χ1n) is 7.90. The van der Waals surface area contributed by atoms with Crippen molar-refractivity contribution in [2.75, 3.05) is 0 Å². The van der Waals surface area contributed by atoms with Gasteiger partial charge in [-0.25, -0.2) is 4.79 Å². The average molecular weight is 357 g/mol. The van der Waals surface area contributed by atoms with E-state index in [-0.39, 0.29) is 29.2 Å². The summed E-state index contributed by atoms with van der Waals surface area (Å²) in [5.41, 5.74) is -0.337. The third-order valence-electron chi connectivity index (χ3n) is 4.68. The molecule has 2 atom stereocenters. The standard InChI is InChI=1S/C17H25BrO3/c1-17(2,3)15(19)9-12(11-7-5-4-6-8-11)14-10-13(18)16(20)21-14/h10-12,14H,4-9H2,1-3H3/t12-,14-/m0/s1. The van der Waals surface area contributed by atoms with Crippen LogP contribution in [-0.2, 0) is 14.3 Å². The van der Waals surface area contributed by atoms with Crippen molar-refractivity contribution < 1.29 is 14.3 Å². The van der Waals surface area contributed by atoms with Crippen LogP contribution in [0.3, 0.4) is 0 Å². The van der Waals surface area contributed by atoms with Gasteiger partial charge in [0, 0.05) is 17.8 Å². The number of carbonyl (C=O) groups is 2. The van der Waals surface area contributed by atoms with Crippen molar-refractivity contribution >= 4 is 27.7 Å². The van der Waals surface area contributed by atoms with Crippen molar-refractivity contribution in [1.29, 1.82) is 0 Å². The molecule has 3 nitrogen and oxygen atoms in total. The first-order chi connectivity index (χ1) is 9.79. The molecule has 0 bridgehead atoms. The van der Waals surface area contributed by atoms with Crippen molar-refractivity contribution in [1.82, 2.24) is 0 Å². The highest BCUT2D eigenvalue weighted by molar-refractivity contribution is 9.12. The van der Waals surface area contributed by atoms with Gasteiger partial charge in [0.05, 0.1) is 0 Å². The highest BCUT2D eigenvalue weighted by atomic mass is 79.9. The lowest BCUT2D eigenvalue weighted by atomic mass is 9.73. The molecule has 0 radical (unpaired) electrons. The number of rotatable bonds is 4. The number of esters is 1. The first-order valence-corrected chi connectivity index (χ1v) is 8.70. The monoisotopic (exact) mass is 356 g/mol. The quantitative estimate of drug-likeness (QED) is 0.701. The number of hydrogen-bond acceptors (Lipinski definition) is 3. The maximum Gasteiger partial charge on any atom is 0.345 e. The van der Waals surface area contributed by atoms with Crippen LogP contribution in [0.1, 0.15) is 59.3 Å². The van der Waals surface area contributed by atoms with Gasteiger partial charge in [0.15, 0.2) is 0 Å². The van der Waals surface area contributed by atoms with Gasteiger partial charge >= 0.3 is 5.97 Å². The molecule has 2 aliphatic rings. The molecule has 1 aliphatic carbocycles. The van der Waals surface area contributed by atoms with Gasteiger partial charge in [-0.1, -0.05) is 52.9 Å². The summed E-state index contributed by atoms with van der Waals surface area (Å²) in [6.45, 7) is 5.87. The van der Waals surface area contributed by atoms with Crippen LogP contribution in [0, 0.1) is 17.3 Å². The molecule has 1 heterocycles. The van der Waals surface area contributed by atoms with Gasteiger partial charge in [0.25, 0.3) is 0 Å². The zero-order chi connectivity index (χ0) is 15.6. The molecule has 4 heteroatoms. The van der Waals surface area contributed by atoms with Crippen molar-refractivity contribution in [2.24, 2.45) is 17.3 Å². The van der Waals surface area contributed by atoms with E-state index in [4.69, 9.17) is 4.74 Å². The SMILES string of the molecule is CC(C)(C)C(=O)C[C@@H](C1CCCCC1)[C@@H]1C=C(Br)C(=O)O1. The molecule has 0 unspecified atom stereocenters. The van der Waals surface area contributed by atoms with E-state index >= 15 is 0 Å². The molecule has 21 heavy (non-hydrogen) atoms. The number of carbonyl (C=O) groups excluding carboxylic acids is 2. The Balaban J connectivity index is 2.14. The molecule has 118 valence electrons. The van der Waals surface area contributed by atoms with Gasteiger partial charge in [-0.3, -0.25) is 4.79 Å². The highest BCUT2D eigenvalue weighted by Crippen LogP contribution is 2.39. The zero-order valence-corrected chi connectivity index (χ0v) is 14.7. The van der Waals surface area contributed by atoms with Crippen LogP contribution in [0.15, 0.2) is 10.6 Å². The number of ketones is 1. The van der Waals surface area contributed by atoms with E-state index in [9.17, 15) is 9.59 Å². The van der Waals surface area contributed by atoms with Crippen LogP contribution in [0.25, 0.3) is 0 Å². The number of halogens is 1. The van der Waals surface area contributed by atoms with Gasteiger partial charge in [-0.15, -0.1) is 0 Å². The topological polar surface area (TPSA) is 43.4 Å². The fourth-order valence-corrected chi connectivity index (χ4v) is 3.62. The molecule has 0 amide bonds. The summed E-state index contributed by atoms with van der Waals surface area (Å²) in [5, 5.41) is 0. The first kappa shape index (κ1) is 16.7. The minimum absolute atomic E-state index is 0.121. The van der Waals surface area contributed by atoms with E-state index in [0.717, 1.165) is 12.8 Å². The summed E-state index contributed by atoms with van der Waals surface area (Å²) >= 11 is 3.24. The van der Waals surface area contributed by atoms with Crippen molar-refractivity contribution in [2.45, 2.75) is 65.4 Å². The lowest BCUT2D eigenvalue weighted by Gasteiger charge is -2.34. The van der Waals surface area contributed by atoms with Crippen molar-refractivity contribution in [3.05, 3.63) is 10.6 Å². The number of Topliss-reactive ketones (excluding diaryl/α,β-unsaturated/α-hetero) is 1. The Kier molecular flexibility index (Phi) is 5.29. The molecular weight excluding hydrogens is 332 g/mol. The molecule has 1 fully saturated rings. The van der Waals surface area contributed by atoms with Crippen LogP contribution in [-0.4, -0.2) is 17.9 Å². The maximum absolute atomic E-state index is 12.5. The predicted molar refractivity (Wildman–Crippen MR) is 86.0 cm³/mol. The Bertz CT molecular complexity index is 441. The summed E-state index contributed by atoms with van der Waals surface area (Å²) in [5.74, 6) is 0.558. The van der Waals surface area contributed by atoms with Crippen molar-refractivity contribution in [3.63, 3.8) is 0 Å². The average Bonchev–Trinajstić information content (AvgIpc) is 2.75. The summed E-state index contributed by atoms with van der Waals surface area (Å²) in [6.07, 6.45) is 8.10. The Morgan fingerprint density at radius 1 is 1.33 bits per heavy atom. The maximum atomic E-state index is 12.5. The van der Waals surface area contributed by atoms with Crippen LogP contribution in [0.4, 0.5) is 0 Å². The number of hydrogen-bond donors (Lipinski definition) is 0. The second-order valence-corrected chi connectivity index (χ2v) is 8.18. The summed E-state index contributed by atoms with van der Waals surface area (Å²) < 4.78 is 5.97. The van der Waals surface area contributed by atoms with Gasteiger partial charge < -0.3 is 4.74 Å². The molecule has 0 aromatic heterocycles. The summed E-state index contributed by atoms with van der Waals surface area (Å²) in [7, 11) is 0. The Morgan fingerprint density at radius 3 is 2.43 bits per heavy atom. The number of cyclic esters (lactones) is 1. The lowest BCUT2D eigenvalue weighted by molar-refractivity contribution is -0.143. The second-order valence-electron chi connectivity index (χ2n) is 7.32. The van der Waals surface area contributed by atoms with E-state index < -0.39 is 0 Å². The van der Waals surface area contributed by atoms with E-state index in [1.807, 2.05) is 26.8 Å². The fourth-order valence-electron chi connectivity index (χ4n) is 3.27. The van der Waals surface area contributed by atoms with Gasteiger partial charge in [-0.2, -0.15) is 0 Å². The Hall–Kier alpha value is -0.640. The van der Waals surface area contributed by atoms with Crippen LogP contribution >= 0.6 is 15.9 Å². The molecule has 0 spiro atoms. The molecule has 1 aliphatic heterocycles. The third kappa shape index (κ3) is 4.18. The zero-order valence-electron chi connectivity index (χ0n) is 13.2. The van der Waals surface area contributed by atoms with Crippen LogP contribution in [0.2, 0.25) is 0 Å². The molecular formula is C17H25BrO3. The molecule has 0 aromatic carbocycles. The smallest absolute Gasteiger partial charge is 0.345 e. The lowest BCUT2D eigenvalue weighted by Crippen LogP contribution is -2.34. The second kappa shape index (κ2) is 6.64. The van der Waals surface area contributed by atoms with Crippen molar-refractivity contribution in [3.8, 4) is 0 Å². The van der Waals surface area contributed by atoms with E-state index in [1.54, 1.807) is 0 Å². The minimum atomic E-state index is -0.337. The van der Waals surface area contributed by atoms with Gasteiger partial charge in [0.1, 0.15) is 16.4 Å². The summed E-state index contributed by atoms with van der Waals surface area (Å²) in [4.78, 5) is 24.1. The summed E-state index contributed by atoms with van der Waals surface area (Å²) in [6, 6.07) is 0. The molecule has 2 rings (SSSR count). The van der Waals surface area contributed by atoms with E-state index in [1.165, 1.54) is 19.3 Å². The largest absolute Gasteiger partial charge is 0.454 e.